The molecule has 2 aromatic carbocycles. The van der Waals surface area contributed by atoms with Gasteiger partial charge in [-0.05, 0) is 30.3 Å². The molecule has 6 heteroatoms. The van der Waals surface area contributed by atoms with Crippen molar-refractivity contribution in [3.63, 3.8) is 0 Å². The first-order chi connectivity index (χ1) is 9.47. The Balaban J connectivity index is 2.06. The molecule has 0 atom stereocenters. The normalized spacial score (nSPS) is 10.3. The van der Waals surface area contributed by atoms with Gasteiger partial charge in [0.25, 0.3) is 0 Å². The van der Waals surface area contributed by atoms with Gasteiger partial charge in [0, 0.05) is 11.6 Å². The maximum atomic E-state index is 13.3. The molecule has 2 aromatic rings. The Kier molecular flexibility index (Phi) is 3.93. The van der Waals surface area contributed by atoms with E-state index in [1.165, 1.54) is 12.1 Å². The number of anilines is 1. The van der Waals surface area contributed by atoms with Gasteiger partial charge in [0.1, 0.15) is 24.1 Å². The Hall–Kier alpha value is -2.50. The molecule has 0 saturated heterocycles. The summed E-state index contributed by atoms with van der Waals surface area (Å²) < 4.78 is 43.8. The first-order valence-corrected chi connectivity index (χ1v) is 5.63. The number of hydrogen-bond donors (Lipinski definition) is 1. The van der Waals surface area contributed by atoms with Crippen LogP contribution in [0.5, 0.6) is 0 Å². The molecule has 20 heavy (non-hydrogen) atoms. The minimum atomic E-state index is -0.809. The number of esters is 1. The van der Waals surface area contributed by atoms with Gasteiger partial charge >= 0.3 is 5.97 Å². The number of hydrogen-bond acceptors (Lipinski definition) is 3. The minimum absolute atomic E-state index is 0.0369. The molecule has 0 heterocycles. The van der Waals surface area contributed by atoms with Crippen LogP contribution in [0.1, 0.15) is 15.9 Å². The maximum absolute atomic E-state index is 13.3. The fourth-order valence-electron chi connectivity index (χ4n) is 1.54. The Morgan fingerprint density at radius 3 is 2.45 bits per heavy atom. The van der Waals surface area contributed by atoms with Gasteiger partial charge in [-0.1, -0.05) is 0 Å². The quantitative estimate of drug-likeness (QED) is 0.695. The predicted octanol–water partition coefficient (Wildman–Crippen LogP) is 3.04. The van der Waals surface area contributed by atoms with Crippen LogP contribution in [-0.2, 0) is 11.3 Å². The summed E-state index contributed by atoms with van der Waals surface area (Å²) in [5.41, 5.74) is 5.22. The summed E-state index contributed by atoms with van der Waals surface area (Å²) in [6.07, 6.45) is 0. The second-order valence-corrected chi connectivity index (χ2v) is 4.05. The van der Waals surface area contributed by atoms with Crippen molar-refractivity contribution in [1.82, 2.24) is 0 Å². The van der Waals surface area contributed by atoms with Crippen molar-refractivity contribution in [2.75, 3.05) is 5.73 Å². The number of benzene rings is 2. The summed E-state index contributed by atoms with van der Waals surface area (Å²) in [7, 11) is 0. The summed E-state index contributed by atoms with van der Waals surface area (Å²) in [6.45, 7) is -0.359. The van der Waals surface area contributed by atoms with Gasteiger partial charge in [-0.25, -0.2) is 18.0 Å². The highest BCUT2D eigenvalue weighted by Gasteiger charge is 2.11. The molecule has 3 nitrogen and oxygen atoms in total. The number of carbonyl (C=O) groups excluding carboxylic acids is 1. The number of carbonyl (C=O) groups is 1. The number of nitrogen functional groups attached to an aromatic ring is 1. The molecule has 0 aliphatic rings. The van der Waals surface area contributed by atoms with Crippen molar-refractivity contribution in [2.24, 2.45) is 0 Å². The minimum Gasteiger partial charge on any atom is -0.457 e. The van der Waals surface area contributed by atoms with E-state index in [1.54, 1.807) is 0 Å². The maximum Gasteiger partial charge on any atom is 0.338 e. The lowest BCUT2D eigenvalue weighted by Gasteiger charge is -2.07. The van der Waals surface area contributed by atoms with Crippen molar-refractivity contribution in [3.05, 3.63) is 65.0 Å². The van der Waals surface area contributed by atoms with Gasteiger partial charge < -0.3 is 10.5 Å². The molecular formula is C14H10F3NO2. The van der Waals surface area contributed by atoms with Gasteiger partial charge in [0.05, 0.1) is 11.3 Å². The fourth-order valence-corrected chi connectivity index (χ4v) is 1.54. The lowest BCUT2D eigenvalue weighted by Crippen LogP contribution is -2.07. The van der Waals surface area contributed by atoms with E-state index < -0.39 is 23.4 Å². The van der Waals surface area contributed by atoms with Gasteiger partial charge in [-0.15, -0.1) is 0 Å². The van der Waals surface area contributed by atoms with Crippen LogP contribution in [0.2, 0.25) is 0 Å². The van der Waals surface area contributed by atoms with Crippen LogP contribution in [0.15, 0.2) is 36.4 Å². The average molecular weight is 281 g/mol. The largest absolute Gasteiger partial charge is 0.457 e. The van der Waals surface area contributed by atoms with Crippen molar-refractivity contribution in [3.8, 4) is 0 Å². The molecule has 0 aliphatic heterocycles. The van der Waals surface area contributed by atoms with Crippen LogP contribution in [-0.4, -0.2) is 5.97 Å². The molecule has 0 fully saturated rings. The van der Waals surface area contributed by atoms with E-state index in [-0.39, 0.29) is 23.4 Å². The molecule has 0 bridgehead atoms. The van der Waals surface area contributed by atoms with Crippen LogP contribution < -0.4 is 5.73 Å². The predicted molar refractivity (Wildman–Crippen MR) is 66.3 cm³/mol. The molecule has 0 aliphatic carbocycles. The van der Waals surface area contributed by atoms with Crippen molar-refractivity contribution in [1.29, 1.82) is 0 Å². The Labute approximate surface area is 112 Å². The van der Waals surface area contributed by atoms with Gasteiger partial charge in [0.2, 0.25) is 0 Å². The van der Waals surface area contributed by atoms with Crippen LogP contribution in [0.3, 0.4) is 0 Å². The van der Waals surface area contributed by atoms with Crippen LogP contribution in [0.25, 0.3) is 0 Å². The Morgan fingerprint density at radius 2 is 1.80 bits per heavy atom. The molecule has 104 valence electrons. The molecule has 0 unspecified atom stereocenters. The van der Waals surface area contributed by atoms with E-state index in [2.05, 4.69) is 0 Å². The van der Waals surface area contributed by atoms with Gasteiger partial charge in [0.15, 0.2) is 0 Å². The summed E-state index contributed by atoms with van der Waals surface area (Å²) in [4.78, 5) is 11.7. The van der Waals surface area contributed by atoms with E-state index in [0.717, 1.165) is 18.2 Å². The van der Waals surface area contributed by atoms with Gasteiger partial charge in [-0.2, -0.15) is 0 Å². The van der Waals surface area contributed by atoms with Crippen LogP contribution >= 0.6 is 0 Å². The highest BCUT2D eigenvalue weighted by Crippen LogP contribution is 2.15. The van der Waals surface area contributed by atoms with Gasteiger partial charge in [-0.3, -0.25) is 0 Å². The molecular weight excluding hydrogens is 271 g/mol. The zero-order chi connectivity index (χ0) is 14.7. The Morgan fingerprint density at radius 1 is 1.05 bits per heavy atom. The smallest absolute Gasteiger partial charge is 0.338 e. The third kappa shape index (κ3) is 3.09. The molecule has 0 radical (unpaired) electrons. The van der Waals surface area contributed by atoms with E-state index in [1.807, 2.05) is 0 Å². The first kappa shape index (κ1) is 13.9. The molecule has 0 spiro atoms. The van der Waals surface area contributed by atoms with E-state index in [9.17, 15) is 18.0 Å². The second kappa shape index (κ2) is 5.64. The van der Waals surface area contributed by atoms with Crippen molar-refractivity contribution < 1.29 is 22.7 Å². The molecule has 0 amide bonds. The summed E-state index contributed by atoms with van der Waals surface area (Å²) >= 11 is 0. The fraction of sp³-hybridized carbons (Fsp3) is 0.0714. The monoisotopic (exact) mass is 281 g/mol. The zero-order valence-corrected chi connectivity index (χ0v) is 10.2. The SMILES string of the molecule is Nc1cc(C(=O)OCc2ccc(F)cc2F)ccc1F. The second-order valence-electron chi connectivity index (χ2n) is 4.05. The molecule has 0 saturated carbocycles. The lowest BCUT2D eigenvalue weighted by molar-refractivity contribution is 0.0469. The Bertz CT molecular complexity index is 659. The third-order valence-corrected chi connectivity index (χ3v) is 2.61. The zero-order valence-electron chi connectivity index (χ0n) is 10.2. The average Bonchev–Trinajstić information content (AvgIpc) is 2.40. The number of rotatable bonds is 3. The lowest BCUT2D eigenvalue weighted by atomic mass is 10.2. The number of nitrogens with two attached hydrogens (primary N) is 1. The van der Waals surface area contributed by atoms with Crippen LogP contribution in [0.4, 0.5) is 18.9 Å². The molecule has 0 aromatic heterocycles. The number of ether oxygens (including phenoxy) is 1. The van der Waals surface area contributed by atoms with E-state index in [0.29, 0.717) is 6.07 Å². The third-order valence-electron chi connectivity index (χ3n) is 2.61. The highest BCUT2D eigenvalue weighted by atomic mass is 19.1. The molecule has 2 rings (SSSR count). The summed E-state index contributed by atoms with van der Waals surface area (Å²) in [5.74, 6) is -2.95. The van der Waals surface area contributed by atoms with E-state index in [4.69, 9.17) is 10.5 Å². The number of halogens is 3. The topological polar surface area (TPSA) is 52.3 Å². The first-order valence-electron chi connectivity index (χ1n) is 5.63. The van der Waals surface area contributed by atoms with Crippen molar-refractivity contribution >= 4 is 11.7 Å². The summed E-state index contributed by atoms with van der Waals surface area (Å²) in [5, 5.41) is 0. The summed E-state index contributed by atoms with van der Waals surface area (Å²) in [6, 6.07) is 6.29. The van der Waals surface area contributed by atoms with E-state index >= 15 is 0 Å². The van der Waals surface area contributed by atoms with Crippen molar-refractivity contribution in [2.45, 2.75) is 6.61 Å². The van der Waals surface area contributed by atoms with Crippen LogP contribution in [0, 0.1) is 17.5 Å². The standard InChI is InChI=1S/C14H10F3NO2/c15-10-3-1-9(12(17)6-10)7-20-14(19)8-2-4-11(16)13(18)5-8/h1-6H,7,18H2. The highest BCUT2D eigenvalue weighted by molar-refractivity contribution is 5.90. The molecule has 2 N–H and O–H groups in total.